The van der Waals surface area contributed by atoms with Crippen molar-refractivity contribution in [3.8, 4) is 11.1 Å². The highest BCUT2D eigenvalue weighted by molar-refractivity contribution is 5.63. The van der Waals surface area contributed by atoms with Crippen molar-refractivity contribution in [2.24, 2.45) is 0 Å². The molecule has 3 nitrogen and oxygen atoms in total. The van der Waals surface area contributed by atoms with Crippen LogP contribution in [0.15, 0.2) is 73.1 Å². The molecule has 1 aromatic heterocycles. The minimum absolute atomic E-state index is 0.192. The number of hydrogen-bond donors (Lipinski definition) is 1. The molecule has 0 amide bonds. The van der Waals surface area contributed by atoms with Crippen LogP contribution >= 0.6 is 0 Å². The SMILES string of the molecule is Fc1cccc(-c2ccc(C3[C@@H]4CN(Cc5cccnc5)C[C@H]3N4)cc2)c1. The number of hydrogen-bond acceptors (Lipinski definition) is 3. The van der Waals surface area contributed by atoms with Gasteiger partial charge in [-0.2, -0.15) is 0 Å². The average Bonchev–Trinajstić information content (AvgIpc) is 2.69. The number of piperidine rings is 1. The summed E-state index contributed by atoms with van der Waals surface area (Å²) in [6.07, 6.45) is 3.78. The van der Waals surface area contributed by atoms with Crippen LogP contribution in [-0.2, 0) is 6.54 Å². The minimum atomic E-state index is -0.192. The van der Waals surface area contributed by atoms with E-state index in [0.717, 1.165) is 30.8 Å². The predicted molar refractivity (Wildman–Crippen MR) is 105 cm³/mol. The van der Waals surface area contributed by atoms with Crippen LogP contribution in [-0.4, -0.2) is 35.1 Å². The second-order valence-electron chi connectivity index (χ2n) is 7.59. The largest absolute Gasteiger partial charge is 0.307 e. The third kappa shape index (κ3) is 3.27. The topological polar surface area (TPSA) is 28.2 Å². The van der Waals surface area contributed by atoms with Crippen molar-refractivity contribution in [2.45, 2.75) is 24.5 Å². The van der Waals surface area contributed by atoms with Gasteiger partial charge in [0.1, 0.15) is 5.82 Å². The van der Waals surface area contributed by atoms with E-state index in [1.165, 1.54) is 17.2 Å². The van der Waals surface area contributed by atoms with Gasteiger partial charge in [0.2, 0.25) is 0 Å². The summed E-state index contributed by atoms with van der Waals surface area (Å²) >= 11 is 0. The second kappa shape index (κ2) is 6.87. The van der Waals surface area contributed by atoms with Crippen LogP contribution in [0.1, 0.15) is 17.0 Å². The highest BCUT2D eigenvalue weighted by atomic mass is 19.1. The van der Waals surface area contributed by atoms with Gasteiger partial charge in [-0.25, -0.2) is 4.39 Å². The molecule has 1 N–H and O–H groups in total. The normalized spacial score (nSPS) is 24.4. The number of nitrogens with one attached hydrogen (secondary N) is 1. The molecular formula is C23H22FN3. The van der Waals surface area contributed by atoms with Gasteiger partial charge in [0.15, 0.2) is 0 Å². The summed E-state index contributed by atoms with van der Waals surface area (Å²) in [5.74, 6) is 0.375. The van der Waals surface area contributed by atoms with Gasteiger partial charge >= 0.3 is 0 Å². The summed E-state index contributed by atoms with van der Waals surface area (Å²) in [5, 5.41) is 3.69. The maximum Gasteiger partial charge on any atom is 0.123 e. The zero-order valence-electron chi connectivity index (χ0n) is 15.1. The van der Waals surface area contributed by atoms with Gasteiger partial charge in [-0.1, -0.05) is 42.5 Å². The first-order valence-corrected chi connectivity index (χ1v) is 9.49. The van der Waals surface area contributed by atoms with Gasteiger partial charge in [0, 0.05) is 50.0 Å². The van der Waals surface area contributed by atoms with Crippen LogP contribution < -0.4 is 5.32 Å². The van der Waals surface area contributed by atoms with E-state index in [2.05, 4.69) is 45.5 Å². The first-order chi connectivity index (χ1) is 13.3. The zero-order chi connectivity index (χ0) is 18.2. The van der Waals surface area contributed by atoms with Crippen molar-refractivity contribution in [3.63, 3.8) is 0 Å². The van der Waals surface area contributed by atoms with E-state index in [1.807, 2.05) is 24.5 Å². The minimum Gasteiger partial charge on any atom is -0.307 e. The number of pyridine rings is 1. The molecule has 6 rings (SSSR count). The number of halogens is 1. The Balaban J connectivity index is 1.27. The lowest BCUT2D eigenvalue weighted by molar-refractivity contribution is 0.0470. The van der Waals surface area contributed by atoms with Gasteiger partial charge in [-0.15, -0.1) is 0 Å². The van der Waals surface area contributed by atoms with Crippen molar-refractivity contribution >= 4 is 0 Å². The molecule has 1 unspecified atom stereocenters. The second-order valence-corrected chi connectivity index (χ2v) is 7.59. The van der Waals surface area contributed by atoms with Gasteiger partial charge in [0.05, 0.1) is 0 Å². The summed E-state index contributed by atoms with van der Waals surface area (Å²) in [4.78, 5) is 6.73. The van der Waals surface area contributed by atoms with Crippen LogP contribution in [0.3, 0.4) is 0 Å². The van der Waals surface area contributed by atoms with Gasteiger partial charge in [-0.05, 0) is 40.5 Å². The van der Waals surface area contributed by atoms with E-state index in [0.29, 0.717) is 18.0 Å². The Kier molecular flexibility index (Phi) is 4.23. The molecule has 0 spiro atoms. The molecule has 3 aliphatic rings. The van der Waals surface area contributed by atoms with Crippen LogP contribution in [0, 0.1) is 5.82 Å². The van der Waals surface area contributed by atoms with Crippen LogP contribution in [0.2, 0.25) is 0 Å². The predicted octanol–water partition coefficient (Wildman–Crippen LogP) is 3.83. The lowest BCUT2D eigenvalue weighted by atomic mass is 9.74. The van der Waals surface area contributed by atoms with Crippen molar-refractivity contribution in [1.82, 2.24) is 15.2 Å². The smallest absolute Gasteiger partial charge is 0.123 e. The van der Waals surface area contributed by atoms with Gasteiger partial charge in [-0.3, -0.25) is 9.88 Å². The molecule has 3 aromatic rings. The molecule has 3 fully saturated rings. The Morgan fingerprint density at radius 3 is 2.48 bits per heavy atom. The number of nitrogens with zero attached hydrogens (tertiary/aromatic N) is 2. The molecule has 0 radical (unpaired) electrons. The molecule has 136 valence electrons. The molecular weight excluding hydrogens is 337 g/mol. The van der Waals surface area contributed by atoms with Crippen LogP contribution in [0.5, 0.6) is 0 Å². The Labute approximate surface area is 158 Å². The summed E-state index contributed by atoms with van der Waals surface area (Å²) in [7, 11) is 0. The molecule has 2 aromatic carbocycles. The Morgan fingerprint density at radius 2 is 1.78 bits per heavy atom. The number of piperazine rings is 1. The van der Waals surface area contributed by atoms with Gasteiger partial charge < -0.3 is 5.32 Å². The third-order valence-electron chi connectivity index (χ3n) is 5.79. The van der Waals surface area contributed by atoms with Crippen molar-refractivity contribution in [3.05, 3.63) is 90.0 Å². The zero-order valence-corrected chi connectivity index (χ0v) is 15.1. The lowest BCUT2D eigenvalue weighted by Crippen LogP contribution is -2.71. The number of aromatic nitrogens is 1. The Bertz CT molecular complexity index is 914. The van der Waals surface area contributed by atoms with Crippen molar-refractivity contribution in [1.29, 1.82) is 0 Å². The fraction of sp³-hybridized carbons (Fsp3) is 0.261. The van der Waals surface area contributed by atoms with Crippen LogP contribution in [0.25, 0.3) is 11.1 Å². The average molecular weight is 359 g/mol. The first-order valence-electron chi connectivity index (χ1n) is 9.49. The third-order valence-corrected chi connectivity index (χ3v) is 5.79. The Morgan fingerprint density at radius 1 is 0.963 bits per heavy atom. The van der Waals surface area contributed by atoms with E-state index in [1.54, 1.807) is 12.1 Å². The fourth-order valence-electron chi connectivity index (χ4n) is 4.52. The molecule has 3 atom stereocenters. The molecule has 4 heteroatoms. The molecule has 27 heavy (non-hydrogen) atoms. The molecule has 3 saturated heterocycles. The number of fused-ring (bicyclic) bond motifs is 2. The molecule has 0 saturated carbocycles. The number of benzene rings is 2. The standard InChI is InChI=1S/C23H22FN3/c24-20-5-1-4-19(11-20)17-6-8-18(9-7-17)23-21-14-27(15-22(23)26-21)13-16-3-2-10-25-12-16/h1-12,21-23,26H,13-15H2/t21-,22+,23?. The summed E-state index contributed by atoms with van der Waals surface area (Å²) in [6, 6.07) is 20.6. The fourth-order valence-corrected chi connectivity index (χ4v) is 4.52. The summed E-state index contributed by atoms with van der Waals surface area (Å²) in [5.41, 5.74) is 4.64. The lowest BCUT2D eigenvalue weighted by Gasteiger charge is -2.55. The van der Waals surface area contributed by atoms with Gasteiger partial charge in [0.25, 0.3) is 0 Å². The maximum atomic E-state index is 13.5. The van der Waals surface area contributed by atoms with E-state index in [4.69, 9.17) is 0 Å². The van der Waals surface area contributed by atoms with Crippen molar-refractivity contribution < 1.29 is 4.39 Å². The van der Waals surface area contributed by atoms with E-state index in [-0.39, 0.29) is 5.82 Å². The molecule has 3 aliphatic heterocycles. The van der Waals surface area contributed by atoms with Crippen molar-refractivity contribution in [2.75, 3.05) is 13.1 Å². The number of rotatable bonds is 4. The molecule has 0 aliphatic carbocycles. The van der Waals surface area contributed by atoms with E-state index in [9.17, 15) is 4.39 Å². The summed E-state index contributed by atoms with van der Waals surface area (Å²) < 4.78 is 13.5. The molecule has 4 heterocycles. The maximum absolute atomic E-state index is 13.5. The summed E-state index contributed by atoms with van der Waals surface area (Å²) in [6.45, 7) is 3.08. The van der Waals surface area contributed by atoms with E-state index >= 15 is 0 Å². The monoisotopic (exact) mass is 359 g/mol. The highest BCUT2D eigenvalue weighted by Crippen LogP contribution is 2.37. The highest BCUT2D eigenvalue weighted by Gasteiger charge is 2.46. The van der Waals surface area contributed by atoms with Crippen LogP contribution in [0.4, 0.5) is 4.39 Å². The van der Waals surface area contributed by atoms with E-state index < -0.39 is 0 Å². The first kappa shape index (κ1) is 16.6. The molecule has 2 bridgehead atoms. The Hall–Kier alpha value is -2.56. The quantitative estimate of drug-likeness (QED) is 0.767.